The van der Waals surface area contributed by atoms with Crippen molar-refractivity contribution >= 4 is 11.2 Å². The first-order chi connectivity index (χ1) is 12.6. The molecule has 0 spiro atoms. The molecule has 0 atom stereocenters. The minimum absolute atomic E-state index is 0.471. The van der Waals surface area contributed by atoms with E-state index in [1.165, 1.54) is 6.07 Å². The Kier molecular flexibility index (Phi) is 4.20. The summed E-state index contributed by atoms with van der Waals surface area (Å²) in [7, 11) is 0. The molecule has 0 aliphatic heterocycles. The summed E-state index contributed by atoms with van der Waals surface area (Å²) in [5.41, 5.74) is 2.25. The third-order valence-electron chi connectivity index (χ3n) is 4.12. The maximum Gasteiger partial charge on any atom is 0.213 e. The molecule has 0 saturated heterocycles. The molecule has 0 aliphatic carbocycles. The van der Waals surface area contributed by atoms with Crippen LogP contribution in [0.2, 0.25) is 0 Å². The number of halogens is 1. The zero-order chi connectivity index (χ0) is 18.1. The molecule has 0 aromatic carbocycles. The van der Waals surface area contributed by atoms with Crippen LogP contribution >= 0.6 is 0 Å². The van der Waals surface area contributed by atoms with Crippen LogP contribution in [-0.4, -0.2) is 29.1 Å². The number of fused-ring (bicyclic) bond motifs is 1. The molecule has 6 nitrogen and oxygen atoms in total. The van der Waals surface area contributed by atoms with Crippen molar-refractivity contribution < 1.29 is 4.39 Å². The van der Waals surface area contributed by atoms with Gasteiger partial charge in [-0.3, -0.25) is 0 Å². The number of aromatic nitrogens is 6. The number of hydrogen-bond donors (Lipinski definition) is 0. The van der Waals surface area contributed by atoms with Gasteiger partial charge >= 0.3 is 0 Å². The first kappa shape index (κ1) is 16.4. The van der Waals surface area contributed by atoms with Crippen molar-refractivity contribution in [1.29, 1.82) is 0 Å². The summed E-state index contributed by atoms with van der Waals surface area (Å²) in [4.78, 5) is 17.4. The van der Waals surface area contributed by atoms with E-state index in [9.17, 15) is 4.39 Å². The molecule has 26 heavy (non-hydrogen) atoms. The molecule has 0 saturated carbocycles. The Bertz CT molecular complexity index is 1050. The molecule has 0 unspecified atom stereocenters. The molecule has 0 fully saturated rings. The molecular weight excluding hydrogens is 331 g/mol. The zero-order valence-electron chi connectivity index (χ0n) is 14.7. The van der Waals surface area contributed by atoms with Crippen LogP contribution in [0.15, 0.2) is 48.9 Å². The Labute approximate surface area is 150 Å². The summed E-state index contributed by atoms with van der Waals surface area (Å²) in [5.74, 6) is 1.45. The highest BCUT2D eigenvalue weighted by molar-refractivity contribution is 5.71. The second-order valence-electron chi connectivity index (χ2n) is 6.60. The van der Waals surface area contributed by atoms with E-state index in [1.807, 2.05) is 22.9 Å². The lowest BCUT2D eigenvalue weighted by Gasteiger charge is -2.13. The van der Waals surface area contributed by atoms with Gasteiger partial charge in [0.2, 0.25) is 5.95 Å². The summed E-state index contributed by atoms with van der Waals surface area (Å²) in [6, 6.07) is 8.66. The minimum Gasteiger partial charge on any atom is -0.325 e. The fourth-order valence-corrected chi connectivity index (χ4v) is 3.05. The van der Waals surface area contributed by atoms with Crippen molar-refractivity contribution in [3.05, 3.63) is 60.7 Å². The van der Waals surface area contributed by atoms with E-state index in [0.717, 1.165) is 23.5 Å². The normalized spacial score (nSPS) is 11.5. The summed E-state index contributed by atoms with van der Waals surface area (Å²) in [6.07, 6.45) is 5.29. The van der Waals surface area contributed by atoms with E-state index in [-0.39, 0.29) is 0 Å². The Morgan fingerprint density at radius 3 is 2.73 bits per heavy atom. The Morgan fingerprint density at radius 1 is 1.04 bits per heavy atom. The van der Waals surface area contributed by atoms with Gasteiger partial charge in [-0.05, 0) is 30.2 Å². The highest BCUT2D eigenvalue weighted by atomic mass is 19.1. The van der Waals surface area contributed by atoms with Gasteiger partial charge in [0.25, 0.3) is 0 Å². The molecule has 132 valence electrons. The average Bonchev–Trinajstić information content (AvgIpc) is 3.20. The van der Waals surface area contributed by atoms with Gasteiger partial charge in [-0.15, -0.1) is 0 Å². The van der Waals surface area contributed by atoms with E-state index in [2.05, 4.69) is 33.4 Å². The van der Waals surface area contributed by atoms with Crippen LogP contribution in [0.4, 0.5) is 4.39 Å². The molecule has 4 aromatic rings. The molecule has 0 amide bonds. The standard InChI is InChI=1S/C19H19FN6/c1-13(2)11-26-15-6-4-8-21-18(15)24-17(26)12-25-10-9-22-19(25)14-5-3-7-16(20)23-14/h3-10,13H,11-12H2,1-2H3. The summed E-state index contributed by atoms with van der Waals surface area (Å²) in [5, 5.41) is 0. The van der Waals surface area contributed by atoms with Gasteiger partial charge in [-0.2, -0.15) is 4.39 Å². The zero-order valence-corrected chi connectivity index (χ0v) is 14.7. The molecule has 4 rings (SSSR count). The van der Waals surface area contributed by atoms with E-state index < -0.39 is 5.95 Å². The maximum absolute atomic E-state index is 13.5. The fraction of sp³-hybridized carbons (Fsp3) is 0.263. The third kappa shape index (κ3) is 3.08. The predicted octanol–water partition coefficient (Wildman–Crippen LogP) is 3.53. The molecule has 0 bridgehead atoms. The molecule has 0 aliphatic rings. The Balaban J connectivity index is 1.76. The first-order valence-electron chi connectivity index (χ1n) is 8.56. The van der Waals surface area contributed by atoms with E-state index in [1.54, 1.807) is 24.5 Å². The van der Waals surface area contributed by atoms with Gasteiger partial charge in [0.15, 0.2) is 11.5 Å². The maximum atomic E-state index is 13.5. The van der Waals surface area contributed by atoms with Crippen molar-refractivity contribution in [1.82, 2.24) is 29.1 Å². The van der Waals surface area contributed by atoms with Crippen molar-refractivity contribution in [3.63, 3.8) is 0 Å². The molecule has 0 radical (unpaired) electrons. The average molecular weight is 350 g/mol. The number of nitrogens with zero attached hydrogens (tertiary/aromatic N) is 6. The van der Waals surface area contributed by atoms with E-state index in [4.69, 9.17) is 4.98 Å². The summed E-state index contributed by atoms with van der Waals surface area (Å²) in [6.45, 7) is 5.70. The van der Waals surface area contributed by atoms with E-state index in [0.29, 0.717) is 24.0 Å². The molecule has 0 N–H and O–H groups in total. The summed E-state index contributed by atoms with van der Waals surface area (Å²) >= 11 is 0. The lowest BCUT2D eigenvalue weighted by atomic mass is 10.2. The lowest BCUT2D eigenvalue weighted by molar-refractivity contribution is 0.510. The SMILES string of the molecule is CC(C)Cn1c(Cn2ccnc2-c2cccc(F)n2)nc2ncccc21. The number of hydrogen-bond acceptors (Lipinski definition) is 4. The number of pyridine rings is 2. The van der Waals surface area contributed by atoms with Crippen molar-refractivity contribution in [2.45, 2.75) is 26.9 Å². The van der Waals surface area contributed by atoms with Crippen LogP contribution < -0.4 is 0 Å². The molecule has 7 heteroatoms. The van der Waals surface area contributed by atoms with Crippen molar-refractivity contribution in [2.75, 3.05) is 0 Å². The monoisotopic (exact) mass is 350 g/mol. The highest BCUT2D eigenvalue weighted by Crippen LogP contribution is 2.20. The fourth-order valence-electron chi connectivity index (χ4n) is 3.05. The second kappa shape index (κ2) is 6.67. The van der Waals surface area contributed by atoms with Crippen LogP contribution in [0.5, 0.6) is 0 Å². The van der Waals surface area contributed by atoms with E-state index >= 15 is 0 Å². The molecule has 4 aromatic heterocycles. The van der Waals surface area contributed by atoms with Gasteiger partial charge in [0, 0.05) is 25.1 Å². The van der Waals surface area contributed by atoms with Gasteiger partial charge in [-0.1, -0.05) is 19.9 Å². The smallest absolute Gasteiger partial charge is 0.213 e. The van der Waals surface area contributed by atoms with Crippen LogP contribution in [0.1, 0.15) is 19.7 Å². The van der Waals surface area contributed by atoms with Crippen LogP contribution in [0, 0.1) is 11.9 Å². The quantitative estimate of drug-likeness (QED) is 0.517. The van der Waals surface area contributed by atoms with Crippen LogP contribution in [0.25, 0.3) is 22.7 Å². The Hall–Kier alpha value is -3.09. The number of imidazole rings is 2. The van der Waals surface area contributed by atoms with Gasteiger partial charge < -0.3 is 9.13 Å². The van der Waals surface area contributed by atoms with Crippen molar-refractivity contribution in [2.24, 2.45) is 5.92 Å². The summed E-state index contributed by atoms with van der Waals surface area (Å²) < 4.78 is 17.6. The predicted molar refractivity (Wildman–Crippen MR) is 96.9 cm³/mol. The molecular formula is C19H19FN6. The highest BCUT2D eigenvalue weighted by Gasteiger charge is 2.15. The first-order valence-corrected chi connectivity index (χ1v) is 8.56. The number of rotatable bonds is 5. The minimum atomic E-state index is -0.520. The van der Waals surface area contributed by atoms with Crippen LogP contribution in [-0.2, 0) is 13.1 Å². The van der Waals surface area contributed by atoms with Crippen molar-refractivity contribution in [3.8, 4) is 11.5 Å². The topological polar surface area (TPSA) is 61.4 Å². The molecule has 4 heterocycles. The third-order valence-corrected chi connectivity index (χ3v) is 4.12. The van der Waals surface area contributed by atoms with Gasteiger partial charge in [0.1, 0.15) is 11.5 Å². The Morgan fingerprint density at radius 2 is 1.92 bits per heavy atom. The lowest BCUT2D eigenvalue weighted by Crippen LogP contribution is -2.12. The van der Waals surface area contributed by atoms with Gasteiger partial charge in [-0.25, -0.2) is 19.9 Å². The van der Waals surface area contributed by atoms with Crippen LogP contribution in [0.3, 0.4) is 0 Å². The second-order valence-corrected chi connectivity index (χ2v) is 6.60. The largest absolute Gasteiger partial charge is 0.325 e. The van der Waals surface area contributed by atoms with Gasteiger partial charge in [0.05, 0.1) is 12.1 Å².